The molecule has 0 aliphatic heterocycles. The van der Waals surface area contributed by atoms with Crippen LogP contribution in [0.5, 0.6) is 0 Å². The minimum absolute atomic E-state index is 0.0151. The van der Waals surface area contributed by atoms with Crippen LogP contribution in [0.25, 0.3) is 0 Å². The van der Waals surface area contributed by atoms with E-state index >= 15 is 0 Å². The SMILES string of the molecule is CN(C(=O)Cc1ccsc1)c1ccncc1N. The Morgan fingerprint density at radius 2 is 2.35 bits per heavy atom. The summed E-state index contributed by atoms with van der Waals surface area (Å²) in [5.74, 6) is 0.0151. The average molecular weight is 247 g/mol. The summed E-state index contributed by atoms with van der Waals surface area (Å²) in [7, 11) is 1.72. The average Bonchev–Trinajstić information content (AvgIpc) is 2.81. The molecule has 2 aromatic rings. The molecule has 1 amide bonds. The van der Waals surface area contributed by atoms with Crippen LogP contribution in [0.1, 0.15) is 5.56 Å². The van der Waals surface area contributed by atoms with E-state index in [1.54, 1.807) is 41.7 Å². The Morgan fingerprint density at radius 3 is 3.00 bits per heavy atom. The van der Waals surface area contributed by atoms with E-state index in [0.717, 1.165) is 5.56 Å². The Morgan fingerprint density at radius 1 is 1.53 bits per heavy atom. The molecule has 0 bridgehead atoms. The van der Waals surface area contributed by atoms with Gasteiger partial charge in [-0.2, -0.15) is 11.3 Å². The molecule has 0 aromatic carbocycles. The predicted molar refractivity (Wildman–Crippen MR) is 70.1 cm³/mol. The van der Waals surface area contributed by atoms with Crippen molar-refractivity contribution in [1.29, 1.82) is 0 Å². The van der Waals surface area contributed by atoms with Gasteiger partial charge in [-0.3, -0.25) is 9.78 Å². The monoisotopic (exact) mass is 247 g/mol. The van der Waals surface area contributed by atoms with Crippen molar-refractivity contribution in [3.63, 3.8) is 0 Å². The molecule has 2 rings (SSSR count). The predicted octanol–water partition coefficient (Wildman–Crippen LogP) is 1.93. The highest BCUT2D eigenvalue weighted by Gasteiger charge is 2.13. The molecular formula is C12H13N3OS. The van der Waals surface area contributed by atoms with E-state index in [4.69, 9.17) is 5.73 Å². The van der Waals surface area contributed by atoms with Crippen LogP contribution >= 0.6 is 11.3 Å². The van der Waals surface area contributed by atoms with Gasteiger partial charge in [-0.05, 0) is 28.5 Å². The second-order valence-corrected chi connectivity index (χ2v) is 4.48. The van der Waals surface area contributed by atoms with Crippen LogP contribution in [0.3, 0.4) is 0 Å². The molecule has 0 aliphatic carbocycles. The topological polar surface area (TPSA) is 59.2 Å². The summed E-state index contributed by atoms with van der Waals surface area (Å²) in [5.41, 5.74) is 8.01. The molecule has 88 valence electrons. The fraction of sp³-hybridized carbons (Fsp3) is 0.167. The Hall–Kier alpha value is -1.88. The van der Waals surface area contributed by atoms with Gasteiger partial charge in [-0.25, -0.2) is 0 Å². The summed E-state index contributed by atoms with van der Waals surface area (Å²) in [6.07, 6.45) is 3.56. The first-order chi connectivity index (χ1) is 8.18. The van der Waals surface area contributed by atoms with Crippen LogP contribution in [0.2, 0.25) is 0 Å². The number of nitrogens with two attached hydrogens (primary N) is 1. The molecule has 0 atom stereocenters. The number of carbonyl (C=O) groups is 1. The zero-order chi connectivity index (χ0) is 12.3. The van der Waals surface area contributed by atoms with Crippen LogP contribution in [0, 0.1) is 0 Å². The van der Waals surface area contributed by atoms with Gasteiger partial charge in [0.05, 0.1) is 24.0 Å². The Kier molecular flexibility index (Phi) is 3.39. The number of carbonyl (C=O) groups excluding carboxylic acids is 1. The van der Waals surface area contributed by atoms with Gasteiger partial charge < -0.3 is 10.6 Å². The number of aromatic nitrogens is 1. The standard InChI is InChI=1S/C12H13N3OS/c1-15(11-2-4-14-7-10(11)13)12(16)6-9-3-5-17-8-9/h2-5,7-8H,6,13H2,1H3. The highest BCUT2D eigenvalue weighted by atomic mass is 32.1. The number of anilines is 2. The summed E-state index contributed by atoms with van der Waals surface area (Å²) < 4.78 is 0. The van der Waals surface area contributed by atoms with Crippen molar-refractivity contribution in [2.45, 2.75) is 6.42 Å². The smallest absolute Gasteiger partial charge is 0.231 e. The largest absolute Gasteiger partial charge is 0.396 e. The van der Waals surface area contributed by atoms with E-state index < -0.39 is 0 Å². The number of likely N-dealkylation sites (N-methyl/N-ethyl adjacent to an activating group) is 1. The number of hydrogen-bond donors (Lipinski definition) is 1. The summed E-state index contributed by atoms with van der Waals surface area (Å²) in [6.45, 7) is 0. The third-order valence-electron chi connectivity index (χ3n) is 2.50. The molecule has 0 radical (unpaired) electrons. The molecule has 2 N–H and O–H groups in total. The van der Waals surface area contributed by atoms with Crippen molar-refractivity contribution >= 4 is 28.6 Å². The van der Waals surface area contributed by atoms with E-state index in [0.29, 0.717) is 17.8 Å². The quantitative estimate of drug-likeness (QED) is 0.901. The van der Waals surface area contributed by atoms with Crippen LogP contribution in [-0.4, -0.2) is 17.9 Å². The molecule has 0 saturated carbocycles. The van der Waals surface area contributed by atoms with Gasteiger partial charge in [0.25, 0.3) is 0 Å². The molecule has 0 saturated heterocycles. The van der Waals surface area contributed by atoms with Crippen molar-refractivity contribution in [3.05, 3.63) is 40.8 Å². The summed E-state index contributed by atoms with van der Waals surface area (Å²) in [4.78, 5) is 17.5. The maximum Gasteiger partial charge on any atom is 0.231 e. The minimum atomic E-state index is 0.0151. The van der Waals surface area contributed by atoms with E-state index in [1.165, 1.54) is 0 Å². The van der Waals surface area contributed by atoms with Crippen LogP contribution in [-0.2, 0) is 11.2 Å². The number of nitrogen functional groups attached to an aromatic ring is 1. The normalized spacial score (nSPS) is 10.2. The van der Waals surface area contributed by atoms with Gasteiger partial charge in [-0.15, -0.1) is 0 Å². The lowest BCUT2D eigenvalue weighted by atomic mass is 10.2. The summed E-state index contributed by atoms with van der Waals surface area (Å²) >= 11 is 1.59. The molecule has 0 fully saturated rings. The number of amides is 1. The first-order valence-corrected chi connectivity index (χ1v) is 6.10. The van der Waals surface area contributed by atoms with Crippen LogP contribution in [0.4, 0.5) is 11.4 Å². The van der Waals surface area contributed by atoms with Crippen molar-refractivity contribution in [1.82, 2.24) is 4.98 Å². The van der Waals surface area contributed by atoms with Gasteiger partial charge >= 0.3 is 0 Å². The lowest BCUT2D eigenvalue weighted by molar-refractivity contribution is -0.117. The Bertz CT molecular complexity index is 510. The van der Waals surface area contributed by atoms with Gasteiger partial charge in [0.2, 0.25) is 5.91 Å². The third-order valence-corrected chi connectivity index (χ3v) is 3.23. The Labute approximate surface area is 104 Å². The molecule has 5 heteroatoms. The Balaban J connectivity index is 2.12. The molecule has 2 heterocycles. The second kappa shape index (κ2) is 4.97. The number of pyridine rings is 1. The van der Waals surface area contributed by atoms with Crippen molar-refractivity contribution in [2.24, 2.45) is 0 Å². The maximum atomic E-state index is 12.0. The van der Waals surface area contributed by atoms with Crippen molar-refractivity contribution in [3.8, 4) is 0 Å². The van der Waals surface area contributed by atoms with E-state index in [9.17, 15) is 4.79 Å². The van der Waals surface area contributed by atoms with Gasteiger partial charge in [0.15, 0.2) is 0 Å². The number of hydrogen-bond acceptors (Lipinski definition) is 4. The van der Waals surface area contributed by atoms with E-state index in [2.05, 4.69) is 4.98 Å². The fourth-order valence-electron chi connectivity index (χ4n) is 1.53. The zero-order valence-corrected chi connectivity index (χ0v) is 10.3. The number of rotatable bonds is 3. The van der Waals surface area contributed by atoms with Gasteiger partial charge in [0.1, 0.15) is 0 Å². The summed E-state index contributed by atoms with van der Waals surface area (Å²) in [5, 5.41) is 3.94. The van der Waals surface area contributed by atoms with Crippen LogP contribution in [0.15, 0.2) is 35.3 Å². The highest BCUT2D eigenvalue weighted by molar-refractivity contribution is 7.08. The minimum Gasteiger partial charge on any atom is -0.396 e. The molecular weight excluding hydrogens is 234 g/mol. The lowest BCUT2D eigenvalue weighted by Gasteiger charge is -2.18. The van der Waals surface area contributed by atoms with E-state index in [1.807, 2.05) is 16.8 Å². The molecule has 0 spiro atoms. The molecule has 0 unspecified atom stereocenters. The molecule has 4 nitrogen and oxygen atoms in total. The van der Waals surface area contributed by atoms with E-state index in [-0.39, 0.29) is 5.91 Å². The highest BCUT2D eigenvalue weighted by Crippen LogP contribution is 2.20. The van der Waals surface area contributed by atoms with Gasteiger partial charge in [-0.1, -0.05) is 0 Å². The first kappa shape index (κ1) is 11.6. The number of thiophene rings is 1. The number of nitrogens with zero attached hydrogens (tertiary/aromatic N) is 2. The van der Waals surface area contributed by atoms with Crippen molar-refractivity contribution in [2.75, 3.05) is 17.7 Å². The second-order valence-electron chi connectivity index (χ2n) is 3.70. The lowest BCUT2D eigenvalue weighted by Crippen LogP contribution is -2.28. The zero-order valence-electron chi connectivity index (χ0n) is 9.46. The van der Waals surface area contributed by atoms with Gasteiger partial charge in [0, 0.05) is 13.2 Å². The first-order valence-electron chi connectivity index (χ1n) is 5.15. The fourth-order valence-corrected chi connectivity index (χ4v) is 2.19. The van der Waals surface area contributed by atoms with Crippen molar-refractivity contribution < 1.29 is 4.79 Å². The molecule has 2 aromatic heterocycles. The molecule has 17 heavy (non-hydrogen) atoms. The third kappa shape index (κ3) is 2.62. The van der Waals surface area contributed by atoms with Crippen LogP contribution < -0.4 is 10.6 Å². The molecule has 0 aliphatic rings. The summed E-state index contributed by atoms with van der Waals surface area (Å²) in [6, 6.07) is 3.69. The maximum absolute atomic E-state index is 12.0.